The summed E-state index contributed by atoms with van der Waals surface area (Å²) >= 11 is 0. The van der Waals surface area contributed by atoms with Crippen molar-refractivity contribution in [2.75, 3.05) is 29.9 Å². The number of rotatable bonds is 4. The van der Waals surface area contributed by atoms with Gasteiger partial charge in [0.25, 0.3) is 0 Å². The lowest BCUT2D eigenvalue weighted by Crippen LogP contribution is -2.26. The van der Waals surface area contributed by atoms with Crippen LogP contribution in [0.4, 0.5) is 11.6 Å². The fraction of sp³-hybridized carbons (Fsp3) is 0.750. The van der Waals surface area contributed by atoms with E-state index >= 15 is 0 Å². The summed E-state index contributed by atoms with van der Waals surface area (Å²) in [5.74, 6) is 2.89. The number of aromatic nitrogens is 2. The highest BCUT2D eigenvalue weighted by Gasteiger charge is 2.23. The highest BCUT2D eigenvalue weighted by atomic mass is 15.2. The lowest BCUT2D eigenvalue weighted by Gasteiger charge is -2.24. The van der Waals surface area contributed by atoms with Crippen molar-refractivity contribution in [1.29, 1.82) is 0 Å². The van der Waals surface area contributed by atoms with Crippen molar-refractivity contribution in [2.45, 2.75) is 53.4 Å². The molecule has 0 amide bonds. The predicted octanol–water partition coefficient (Wildman–Crippen LogP) is 3.62. The molecule has 4 nitrogen and oxygen atoms in total. The molecule has 2 heterocycles. The minimum Gasteiger partial charge on any atom is -0.370 e. The van der Waals surface area contributed by atoms with Crippen molar-refractivity contribution in [3.63, 3.8) is 0 Å². The Balaban J connectivity index is 2.13. The average Bonchev–Trinajstić information content (AvgIpc) is 2.57. The molecular formula is C16H28N4. The van der Waals surface area contributed by atoms with Gasteiger partial charge < -0.3 is 10.2 Å². The molecule has 0 aliphatic carbocycles. The van der Waals surface area contributed by atoms with Gasteiger partial charge in [0.1, 0.15) is 17.5 Å². The topological polar surface area (TPSA) is 41.0 Å². The van der Waals surface area contributed by atoms with E-state index in [2.05, 4.69) is 47.0 Å². The Morgan fingerprint density at radius 3 is 2.80 bits per heavy atom. The van der Waals surface area contributed by atoms with Crippen LogP contribution in [0, 0.1) is 12.3 Å². The second-order valence-electron chi connectivity index (χ2n) is 6.59. The van der Waals surface area contributed by atoms with Gasteiger partial charge in [0.05, 0.1) is 0 Å². The van der Waals surface area contributed by atoms with Crippen LogP contribution in [-0.4, -0.2) is 29.6 Å². The minimum atomic E-state index is 0.458. The molecule has 1 aromatic rings. The van der Waals surface area contributed by atoms with Crippen molar-refractivity contribution in [1.82, 2.24) is 9.97 Å². The number of hydrogen-bond donors (Lipinski definition) is 1. The van der Waals surface area contributed by atoms with Gasteiger partial charge in [0, 0.05) is 25.7 Å². The lowest BCUT2D eigenvalue weighted by atomic mass is 9.85. The van der Waals surface area contributed by atoms with Crippen LogP contribution in [0.25, 0.3) is 0 Å². The summed E-state index contributed by atoms with van der Waals surface area (Å²) in [4.78, 5) is 11.5. The van der Waals surface area contributed by atoms with Crippen LogP contribution in [0.3, 0.4) is 0 Å². The quantitative estimate of drug-likeness (QED) is 0.912. The molecule has 1 aliphatic rings. The molecule has 0 aromatic carbocycles. The maximum Gasteiger partial charge on any atom is 0.134 e. The van der Waals surface area contributed by atoms with E-state index in [0.717, 1.165) is 43.5 Å². The molecule has 0 saturated carbocycles. The van der Waals surface area contributed by atoms with Gasteiger partial charge in [-0.1, -0.05) is 20.8 Å². The normalized spacial score (nSPS) is 18.7. The largest absolute Gasteiger partial charge is 0.370 e. The first-order chi connectivity index (χ1) is 9.50. The third kappa shape index (κ3) is 4.09. The third-order valence-corrected chi connectivity index (χ3v) is 4.04. The molecule has 1 saturated heterocycles. The SMILES string of the molecule is CCCNc1cc(N2CCCC(C)(C)CC2)nc(C)n1. The predicted molar refractivity (Wildman–Crippen MR) is 85.4 cm³/mol. The van der Waals surface area contributed by atoms with Gasteiger partial charge in [0.15, 0.2) is 0 Å². The molecule has 0 radical (unpaired) electrons. The zero-order valence-electron chi connectivity index (χ0n) is 13.4. The first kappa shape index (κ1) is 15.1. The van der Waals surface area contributed by atoms with Gasteiger partial charge in [0.2, 0.25) is 0 Å². The van der Waals surface area contributed by atoms with Crippen LogP contribution in [0.2, 0.25) is 0 Å². The molecule has 112 valence electrons. The maximum absolute atomic E-state index is 4.63. The van der Waals surface area contributed by atoms with Crippen LogP contribution in [0.1, 0.15) is 52.3 Å². The Bertz CT molecular complexity index is 442. The molecule has 1 aromatic heterocycles. The zero-order chi connectivity index (χ0) is 14.6. The molecule has 0 spiro atoms. The summed E-state index contributed by atoms with van der Waals surface area (Å²) < 4.78 is 0. The van der Waals surface area contributed by atoms with Gasteiger partial charge in [-0.05, 0) is 38.0 Å². The Labute approximate surface area is 123 Å². The minimum absolute atomic E-state index is 0.458. The van der Waals surface area contributed by atoms with Gasteiger partial charge >= 0.3 is 0 Å². The number of hydrogen-bond acceptors (Lipinski definition) is 4. The highest BCUT2D eigenvalue weighted by molar-refractivity contribution is 5.49. The highest BCUT2D eigenvalue weighted by Crippen LogP contribution is 2.31. The van der Waals surface area contributed by atoms with Crippen LogP contribution in [0.15, 0.2) is 6.07 Å². The van der Waals surface area contributed by atoms with Gasteiger partial charge in [-0.2, -0.15) is 0 Å². The summed E-state index contributed by atoms with van der Waals surface area (Å²) in [7, 11) is 0. The first-order valence-corrected chi connectivity index (χ1v) is 7.85. The Hall–Kier alpha value is -1.32. The van der Waals surface area contributed by atoms with E-state index in [9.17, 15) is 0 Å². The molecule has 0 bridgehead atoms. The van der Waals surface area contributed by atoms with Crippen molar-refractivity contribution in [2.24, 2.45) is 5.41 Å². The lowest BCUT2D eigenvalue weighted by molar-refractivity contribution is 0.325. The van der Waals surface area contributed by atoms with Crippen molar-refractivity contribution in [3.05, 3.63) is 11.9 Å². The summed E-state index contributed by atoms with van der Waals surface area (Å²) in [6.07, 6.45) is 4.88. The Kier molecular flexibility index (Phi) is 4.84. The number of aryl methyl sites for hydroxylation is 1. The van der Waals surface area contributed by atoms with Crippen LogP contribution < -0.4 is 10.2 Å². The molecular weight excluding hydrogens is 248 g/mol. The summed E-state index contributed by atoms with van der Waals surface area (Å²) in [5, 5.41) is 3.37. The molecule has 4 heteroatoms. The first-order valence-electron chi connectivity index (χ1n) is 7.85. The van der Waals surface area contributed by atoms with Gasteiger partial charge in [-0.15, -0.1) is 0 Å². The zero-order valence-corrected chi connectivity index (χ0v) is 13.4. The van der Waals surface area contributed by atoms with E-state index in [1.165, 1.54) is 19.3 Å². The van der Waals surface area contributed by atoms with Gasteiger partial charge in [-0.25, -0.2) is 9.97 Å². The fourth-order valence-electron chi connectivity index (χ4n) is 2.71. The molecule has 0 atom stereocenters. The van der Waals surface area contributed by atoms with E-state index in [-0.39, 0.29) is 0 Å². The van der Waals surface area contributed by atoms with E-state index < -0.39 is 0 Å². The van der Waals surface area contributed by atoms with Crippen LogP contribution in [0.5, 0.6) is 0 Å². The van der Waals surface area contributed by atoms with E-state index in [1.54, 1.807) is 0 Å². The standard InChI is InChI=1S/C16H28N4/c1-5-9-17-14-12-15(19-13(2)18-14)20-10-6-7-16(3,4)8-11-20/h12H,5-11H2,1-4H3,(H,17,18,19). The molecule has 20 heavy (non-hydrogen) atoms. The maximum atomic E-state index is 4.63. The summed E-state index contributed by atoms with van der Waals surface area (Å²) in [6.45, 7) is 12.0. The second-order valence-corrected chi connectivity index (χ2v) is 6.59. The van der Waals surface area contributed by atoms with Crippen molar-refractivity contribution >= 4 is 11.6 Å². The number of nitrogens with zero attached hydrogens (tertiary/aromatic N) is 3. The summed E-state index contributed by atoms with van der Waals surface area (Å²) in [5.41, 5.74) is 0.458. The van der Waals surface area contributed by atoms with Crippen molar-refractivity contribution < 1.29 is 0 Å². The van der Waals surface area contributed by atoms with E-state index in [1.807, 2.05) is 6.92 Å². The molecule has 1 N–H and O–H groups in total. The van der Waals surface area contributed by atoms with Crippen molar-refractivity contribution in [3.8, 4) is 0 Å². The smallest absolute Gasteiger partial charge is 0.134 e. The van der Waals surface area contributed by atoms with Crippen LogP contribution >= 0.6 is 0 Å². The molecule has 0 unspecified atom stereocenters. The Morgan fingerprint density at radius 1 is 1.25 bits per heavy atom. The van der Waals surface area contributed by atoms with E-state index in [4.69, 9.17) is 0 Å². The monoisotopic (exact) mass is 276 g/mol. The van der Waals surface area contributed by atoms with Gasteiger partial charge in [-0.3, -0.25) is 0 Å². The number of anilines is 2. The van der Waals surface area contributed by atoms with Crippen LogP contribution in [-0.2, 0) is 0 Å². The molecule has 2 rings (SSSR count). The fourth-order valence-corrected chi connectivity index (χ4v) is 2.71. The van der Waals surface area contributed by atoms with E-state index in [0.29, 0.717) is 5.41 Å². The molecule has 1 aliphatic heterocycles. The molecule has 1 fully saturated rings. The average molecular weight is 276 g/mol. The second kappa shape index (κ2) is 6.42. The summed E-state index contributed by atoms with van der Waals surface area (Å²) in [6, 6.07) is 2.10. The third-order valence-electron chi connectivity index (χ3n) is 4.04. The number of nitrogens with one attached hydrogen (secondary N) is 1. The Morgan fingerprint density at radius 2 is 2.05 bits per heavy atom.